The monoisotopic (exact) mass is 488 g/mol. The molecule has 2 aromatic rings. The Balaban J connectivity index is 1.41. The van der Waals surface area contributed by atoms with Gasteiger partial charge in [0.1, 0.15) is 19.0 Å². The van der Waals surface area contributed by atoms with Gasteiger partial charge in [-0.2, -0.15) is 0 Å². The largest absolute Gasteiger partial charge is 0.491 e. The van der Waals surface area contributed by atoms with Crippen molar-refractivity contribution in [3.63, 3.8) is 0 Å². The Hall–Kier alpha value is -2.08. The first-order valence-electron chi connectivity index (χ1n) is 11.2. The van der Waals surface area contributed by atoms with Gasteiger partial charge >= 0.3 is 0 Å². The van der Waals surface area contributed by atoms with E-state index >= 15 is 0 Å². The normalized spacial score (nSPS) is 18.6. The molecule has 1 fully saturated rings. The average Bonchev–Trinajstić information content (AvgIpc) is 3.55. The summed E-state index contributed by atoms with van der Waals surface area (Å²) in [7, 11) is 0. The van der Waals surface area contributed by atoms with E-state index in [4.69, 9.17) is 27.5 Å². The summed E-state index contributed by atoms with van der Waals surface area (Å²) in [5, 5.41) is 13.1. The number of thiophene rings is 1. The number of hydrogen-bond acceptors (Lipinski definition) is 6. The molecule has 4 rings (SSSR count). The Bertz CT molecular complexity index is 970. The predicted molar refractivity (Wildman–Crippen MR) is 130 cm³/mol. The van der Waals surface area contributed by atoms with E-state index in [2.05, 4.69) is 22.3 Å². The summed E-state index contributed by atoms with van der Waals surface area (Å²) in [6, 6.07) is 9.55. The summed E-state index contributed by atoms with van der Waals surface area (Å²) in [5.74, 6) is 3.18. The molecule has 2 atom stereocenters. The second-order valence-corrected chi connectivity index (χ2v) is 9.89. The number of nitrogens with zero attached hydrogens (tertiary/aromatic N) is 2. The van der Waals surface area contributed by atoms with E-state index in [1.165, 1.54) is 4.88 Å². The molecule has 0 spiro atoms. The maximum Gasteiger partial charge on any atom is 0.237 e. The number of terminal acetylenes is 1. The highest BCUT2D eigenvalue weighted by Crippen LogP contribution is 2.35. The van der Waals surface area contributed by atoms with E-state index in [1.54, 1.807) is 23.5 Å². The fraction of sp³-hybridized carbons (Fsp3) is 0.480. The van der Waals surface area contributed by atoms with Crippen LogP contribution in [-0.4, -0.2) is 72.4 Å². The number of ether oxygens (including phenoxy) is 2. The zero-order chi connectivity index (χ0) is 23.2. The maximum absolute atomic E-state index is 13.5. The van der Waals surface area contributed by atoms with Crippen molar-refractivity contribution in [1.82, 2.24) is 9.80 Å². The second-order valence-electron chi connectivity index (χ2n) is 8.45. The van der Waals surface area contributed by atoms with Crippen LogP contribution in [-0.2, 0) is 16.0 Å². The summed E-state index contributed by atoms with van der Waals surface area (Å²) in [5.41, 5.74) is 1.16. The van der Waals surface area contributed by atoms with Crippen LogP contribution in [0.25, 0.3) is 0 Å². The minimum atomic E-state index is -0.680. The number of aliphatic hydroxyl groups excluding tert-OH is 1. The van der Waals surface area contributed by atoms with Crippen molar-refractivity contribution in [3.8, 4) is 18.1 Å². The first-order chi connectivity index (χ1) is 16.0. The molecule has 1 aromatic carbocycles. The van der Waals surface area contributed by atoms with Crippen LogP contribution in [0.2, 0.25) is 5.02 Å². The number of carbonyl (C=O) groups excluding carboxylic acids is 1. The zero-order valence-corrected chi connectivity index (χ0v) is 20.1. The number of halogens is 1. The van der Waals surface area contributed by atoms with Crippen LogP contribution in [0, 0.1) is 12.3 Å². The van der Waals surface area contributed by atoms with E-state index < -0.39 is 6.10 Å². The van der Waals surface area contributed by atoms with Crippen LogP contribution in [0.4, 0.5) is 0 Å². The van der Waals surface area contributed by atoms with Gasteiger partial charge in [-0.1, -0.05) is 17.5 Å². The first-order valence-corrected chi connectivity index (χ1v) is 12.5. The number of carbonyl (C=O) groups is 1. The van der Waals surface area contributed by atoms with E-state index in [-0.39, 0.29) is 31.7 Å². The molecular formula is C25H29ClN2O4S. The average molecular weight is 489 g/mol. The summed E-state index contributed by atoms with van der Waals surface area (Å²) >= 11 is 7.71. The zero-order valence-electron chi connectivity index (χ0n) is 18.5. The van der Waals surface area contributed by atoms with Gasteiger partial charge in [-0.15, -0.1) is 17.8 Å². The number of aliphatic hydroxyl groups is 1. The van der Waals surface area contributed by atoms with E-state index in [0.717, 1.165) is 30.6 Å². The predicted octanol–water partition coefficient (Wildman–Crippen LogP) is 3.38. The number of fused-ring (bicyclic) bond motifs is 1. The van der Waals surface area contributed by atoms with Crippen LogP contribution in [0.1, 0.15) is 29.3 Å². The molecule has 1 aliphatic carbocycles. The first kappa shape index (κ1) is 24.1. The lowest BCUT2D eigenvalue weighted by Crippen LogP contribution is -2.48. The van der Waals surface area contributed by atoms with Gasteiger partial charge in [0.15, 0.2) is 0 Å². The van der Waals surface area contributed by atoms with E-state index in [0.29, 0.717) is 30.8 Å². The molecule has 1 saturated carbocycles. The van der Waals surface area contributed by atoms with E-state index in [1.807, 2.05) is 17.0 Å². The molecule has 1 aromatic heterocycles. The minimum absolute atomic E-state index is 0.0557. The van der Waals surface area contributed by atoms with Gasteiger partial charge in [-0.25, -0.2) is 0 Å². The summed E-state index contributed by atoms with van der Waals surface area (Å²) < 4.78 is 11.3. The molecule has 176 valence electrons. The third kappa shape index (κ3) is 6.50. The lowest BCUT2D eigenvalue weighted by molar-refractivity contribution is -0.136. The highest BCUT2D eigenvalue weighted by molar-refractivity contribution is 7.10. The smallest absolute Gasteiger partial charge is 0.237 e. The van der Waals surface area contributed by atoms with Gasteiger partial charge < -0.3 is 19.5 Å². The van der Waals surface area contributed by atoms with Crippen molar-refractivity contribution in [2.75, 3.05) is 39.5 Å². The van der Waals surface area contributed by atoms with Gasteiger partial charge in [0, 0.05) is 29.0 Å². The minimum Gasteiger partial charge on any atom is -0.491 e. The third-order valence-corrected chi connectivity index (χ3v) is 7.23. The number of amides is 1. The van der Waals surface area contributed by atoms with Crippen LogP contribution in [0.5, 0.6) is 5.75 Å². The molecule has 1 aliphatic heterocycles. The van der Waals surface area contributed by atoms with Gasteiger partial charge in [-0.05, 0) is 60.5 Å². The topological polar surface area (TPSA) is 62.2 Å². The highest BCUT2D eigenvalue weighted by Gasteiger charge is 2.36. The Kier molecular flexibility index (Phi) is 8.29. The van der Waals surface area contributed by atoms with Crippen molar-refractivity contribution in [1.29, 1.82) is 0 Å². The SMILES string of the molecule is C#CCOC[C@H](O)CN(CC(=O)N1CCc2sccc2[C@H]1COc1ccc(Cl)cc1)C1CC1. The molecule has 0 bridgehead atoms. The maximum atomic E-state index is 13.5. The quantitative estimate of drug-likeness (QED) is 0.388. The summed E-state index contributed by atoms with van der Waals surface area (Å²) in [4.78, 5) is 18.8. The lowest BCUT2D eigenvalue weighted by Gasteiger charge is -2.37. The van der Waals surface area contributed by atoms with Crippen molar-refractivity contribution in [3.05, 3.63) is 51.2 Å². The fourth-order valence-electron chi connectivity index (χ4n) is 4.20. The van der Waals surface area contributed by atoms with Gasteiger partial charge in [0.25, 0.3) is 0 Å². The van der Waals surface area contributed by atoms with E-state index in [9.17, 15) is 9.90 Å². The summed E-state index contributed by atoms with van der Waals surface area (Å²) in [6.45, 7) is 2.04. The fourth-order valence-corrected chi connectivity index (χ4v) is 5.26. The molecule has 1 N–H and O–H groups in total. The molecule has 0 radical (unpaired) electrons. The van der Waals surface area contributed by atoms with Gasteiger partial charge in [-0.3, -0.25) is 9.69 Å². The van der Waals surface area contributed by atoms with Crippen molar-refractivity contribution in [2.24, 2.45) is 0 Å². The molecule has 0 unspecified atom stereocenters. The lowest BCUT2D eigenvalue weighted by atomic mass is 10.0. The number of hydrogen-bond donors (Lipinski definition) is 1. The van der Waals surface area contributed by atoms with Crippen LogP contribution in [0.15, 0.2) is 35.7 Å². The number of rotatable bonds is 11. The Morgan fingerprint density at radius 1 is 1.33 bits per heavy atom. The van der Waals surface area contributed by atoms with Crippen LogP contribution >= 0.6 is 22.9 Å². The van der Waals surface area contributed by atoms with Crippen LogP contribution in [0.3, 0.4) is 0 Å². The molecule has 1 amide bonds. The van der Waals surface area contributed by atoms with Gasteiger partial charge in [0.2, 0.25) is 5.91 Å². The van der Waals surface area contributed by atoms with Gasteiger partial charge in [0.05, 0.1) is 25.3 Å². The molecule has 6 nitrogen and oxygen atoms in total. The van der Waals surface area contributed by atoms with Crippen LogP contribution < -0.4 is 4.74 Å². The molecule has 2 heterocycles. The molecular weight excluding hydrogens is 460 g/mol. The highest BCUT2D eigenvalue weighted by atomic mass is 35.5. The third-order valence-electron chi connectivity index (χ3n) is 5.98. The molecule has 33 heavy (non-hydrogen) atoms. The standard InChI is InChI=1S/C25H29ClN2O4S/c1-2-12-31-16-20(29)14-27(19-5-6-19)15-25(30)28-11-9-24-22(10-13-33-24)23(28)17-32-21-7-3-18(26)4-8-21/h1,3-4,7-8,10,13,19-20,23,29H,5-6,9,11-12,14-17H2/t20-,23-/m1/s1. The van der Waals surface area contributed by atoms with Crippen molar-refractivity contribution in [2.45, 2.75) is 37.5 Å². The number of benzene rings is 1. The molecule has 2 aliphatic rings. The summed E-state index contributed by atoms with van der Waals surface area (Å²) in [6.07, 6.45) is 7.46. The molecule has 8 heteroatoms. The van der Waals surface area contributed by atoms with Crippen molar-refractivity contribution < 1.29 is 19.4 Å². The Morgan fingerprint density at radius 3 is 2.85 bits per heavy atom. The second kappa shape index (κ2) is 11.4. The molecule has 0 saturated heterocycles. The van der Waals surface area contributed by atoms with Crippen molar-refractivity contribution >= 4 is 28.8 Å². The Labute approximate surface area is 204 Å². The Morgan fingerprint density at radius 2 is 2.12 bits per heavy atom.